The zero-order chi connectivity index (χ0) is 19.4. The predicted octanol–water partition coefficient (Wildman–Crippen LogP) is 2.08. The molecular weight excluding hydrogens is 382 g/mol. The summed E-state index contributed by atoms with van der Waals surface area (Å²) < 4.78 is 10.6. The number of anilines is 1. The van der Waals surface area contributed by atoms with Crippen LogP contribution in [-0.4, -0.2) is 63.7 Å². The van der Waals surface area contributed by atoms with Crippen LogP contribution in [0.25, 0.3) is 0 Å². The van der Waals surface area contributed by atoms with E-state index >= 15 is 0 Å². The summed E-state index contributed by atoms with van der Waals surface area (Å²) in [6.45, 7) is 2.60. The van der Waals surface area contributed by atoms with Crippen molar-refractivity contribution in [3.63, 3.8) is 0 Å². The first kappa shape index (κ1) is 22.3. The molecule has 0 saturated carbocycles. The Hall–Kier alpha value is -1.99. The van der Waals surface area contributed by atoms with Crippen LogP contribution in [0.4, 0.5) is 5.69 Å². The van der Waals surface area contributed by atoms with E-state index in [1.54, 1.807) is 37.1 Å². The van der Waals surface area contributed by atoms with Crippen molar-refractivity contribution < 1.29 is 19.1 Å². The van der Waals surface area contributed by atoms with Gasteiger partial charge in [-0.3, -0.25) is 9.59 Å². The maximum absolute atomic E-state index is 13.0. The standard InChI is InChI=1S/C20H29N3O4.ClH/c1-22(19(24)5-4-14-6-8-21-13-14)18-7-9-23(20(18)25)15-10-16(26-2)12-17(11-15)27-3;/h10-12,14,18,21H,4-9,13H2,1-3H3;1H. The van der Waals surface area contributed by atoms with Gasteiger partial charge in [-0.1, -0.05) is 0 Å². The van der Waals surface area contributed by atoms with Crippen molar-refractivity contribution in [3.8, 4) is 11.5 Å². The van der Waals surface area contributed by atoms with Crippen LogP contribution in [0.1, 0.15) is 25.7 Å². The molecule has 0 radical (unpaired) electrons. The summed E-state index contributed by atoms with van der Waals surface area (Å²) in [7, 11) is 4.91. The van der Waals surface area contributed by atoms with Crippen LogP contribution in [-0.2, 0) is 9.59 Å². The number of carbonyl (C=O) groups is 2. The first-order valence-electron chi connectivity index (χ1n) is 9.54. The fraction of sp³-hybridized carbons (Fsp3) is 0.600. The van der Waals surface area contributed by atoms with Gasteiger partial charge in [-0.25, -0.2) is 0 Å². The minimum Gasteiger partial charge on any atom is -0.497 e. The number of methoxy groups -OCH3 is 2. The molecule has 2 unspecified atom stereocenters. The van der Waals surface area contributed by atoms with Crippen LogP contribution in [0.2, 0.25) is 0 Å². The number of hydrogen-bond acceptors (Lipinski definition) is 5. The topological polar surface area (TPSA) is 71.1 Å². The highest BCUT2D eigenvalue weighted by Gasteiger charge is 2.37. The third kappa shape index (κ3) is 4.89. The van der Waals surface area contributed by atoms with Crippen molar-refractivity contribution >= 4 is 29.9 Å². The molecule has 0 bridgehead atoms. The van der Waals surface area contributed by atoms with Crippen molar-refractivity contribution in [2.45, 2.75) is 31.7 Å². The second kappa shape index (κ2) is 9.98. The zero-order valence-corrected chi connectivity index (χ0v) is 17.6. The number of halogens is 1. The van der Waals surface area contributed by atoms with Crippen molar-refractivity contribution in [1.82, 2.24) is 10.2 Å². The lowest BCUT2D eigenvalue weighted by molar-refractivity contribution is -0.136. The van der Waals surface area contributed by atoms with Crippen LogP contribution in [0.5, 0.6) is 11.5 Å². The molecule has 156 valence electrons. The first-order chi connectivity index (χ1) is 13.0. The molecule has 28 heavy (non-hydrogen) atoms. The molecule has 2 heterocycles. The van der Waals surface area contributed by atoms with Gasteiger partial charge in [0.05, 0.1) is 19.9 Å². The van der Waals surface area contributed by atoms with E-state index in [1.165, 1.54) is 0 Å². The lowest BCUT2D eigenvalue weighted by atomic mass is 10.0. The number of hydrogen-bond donors (Lipinski definition) is 1. The summed E-state index contributed by atoms with van der Waals surface area (Å²) in [6, 6.07) is 5.00. The highest BCUT2D eigenvalue weighted by Crippen LogP contribution is 2.32. The molecular formula is C20H30ClN3O4. The van der Waals surface area contributed by atoms with Gasteiger partial charge >= 0.3 is 0 Å². The van der Waals surface area contributed by atoms with E-state index in [4.69, 9.17) is 9.47 Å². The number of carbonyl (C=O) groups excluding carboxylic acids is 2. The first-order valence-corrected chi connectivity index (χ1v) is 9.54. The number of rotatable bonds is 7. The quantitative estimate of drug-likeness (QED) is 0.743. The van der Waals surface area contributed by atoms with Crippen LogP contribution in [0.3, 0.4) is 0 Å². The average Bonchev–Trinajstić information content (AvgIpc) is 3.34. The van der Waals surface area contributed by atoms with E-state index in [0.29, 0.717) is 36.8 Å². The summed E-state index contributed by atoms with van der Waals surface area (Å²) in [6.07, 6.45) is 3.14. The summed E-state index contributed by atoms with van der Waals surface area (Å²) in [5.74, 6) is 1.83. The Morgan fingerprint density at radius 2 is 1.89 bits per heavy atom. The van der Waals surface area contributed by atoms with Crippen molar-refractivity contribution in [2.75, 3.05) is 45.8 Å². The van der Waals surface area contributed by atoms with Gasteiger partial charge in [0.15, 0.2) is 0 Å². The van der Waals surface area contributed by atoms with E-state index in [9.17, 15) is 9.59 Å². The molecule has 7 nitrogen and oxygen atoms in total. The molecule has 2 atom stereocenters. The van der Waals surface area contributed by atoms with Gasteiger partial charge in [0.2, 0.25) is 11.8 Å². The van der Waals surface area contributed by atoms with Gasteiger partial charge in [0, 0.05) is 38.2 Å². The predicted molar refractivity (Wildman–Crippen MR) is 111 cm³/mol. The monoisotopic (exact) mass is 411 g/mol. The molecule has 2 aliphatic heterocycles. The third-order valence-corrected chi connectivity index (χ3v) is 5.61. The van der Waals surface area contributed by atoms with Crippen molar-refractivity contribution in [3.05, 3.63) is 18.2 Å². The van der Waals surface area contributed by atoms with E-state index in [-0.39, 0.29) is 24.2 Å². The number of likely N-dealkylation sites (N-methyl/N-ethyl adjacent to an activating group) is 1. The van der Waals surface area contributed by atoms with E-state index in [0.717, 1.165) is 31.6 Å². The number of nitrogens with zero attached hydrogens (tertiary/aromatic N) is 2. The Balaban J connectivity index is 0.00000280. The second-order valence-corrected chi connectivity index (χ2v) is 7.27. The molecule has 0 aliphatic carbocycles. The van der Waals surface area contributed by atoms with E-state index in [1.807, 2.05) is 12.1 Å². The van der Waals surface area contributed by atoms with Crippen LogP contribution in [0.15, 0.2) is 18.2 Å². The van der Waals surface area contributed by atoms with Gasteiger partial charge in [0.1, 0.15) is 17.5 Å². The lowest BCUT2D eigenvalue weighted by Crippen LogP contribution is -2.43. The summed E-state index contributed by atoms with van der Waals surface area (Å²) in [5, 5.41) is 3.32. The number of benzene rings is 1. The minimum absolute atomic E-state index is 0. The van der Waals surface area contributed by atoms with Crippen molar-refractivity contribution in [1.29, 1.82) is 0 Å². The molecule has 0 aromatic heterocycles. The van der Waals surface area contributed by atoms with Gasteiger partial charge < -0.3 is 24.6 Å². The molecule has 1 aromatic carbocycles. The Morgan fingerprint density at radius 3 is 2.46 bits per heavy atom. The minimum atomic E-state index is -0.406. The summed E-state index contributed by atoms with van der Waals surface area (Å²) in [5.41, 5.74) is 0.733. The third-order valence-electron chi connectivity index (χ3n) is 5.61. The Bertz CT molecular complexity index is 672. The zero-order valence-electron chi connectivity index (χ0n) is 16.8. The SMILES string of the molecule is COc1cc(OC)cc(N2CCC(N(C)C(=O)CCC3CCNC3)C2=O)c1.Cl. The molecule has 2 aliphatic rings. The molecule has 0 spiro atoms. The number of amides is 2. The maximum Gasteiger partial charge on any atom is 0.249 e. The second-order valence-electron chi connectivity index (χ2n) is 7.27. The fourth-order valence-electron chi connectivity index (χ4n) is 3.87. The molecule has 1 N–H and O–H groups in total. The van der Waals surface area contributed by atoms with Crippen LogP contribution < -0.4 is 19.7 Å². The molecule has 8 heteroatoms. The van der Waals surface area contributed by atoms with Gasteiger partial charge in [-0.05, 0) is 38.3 Å². The molecule has 2 saturated heterocycles. The molecule has 2 amide bonds. The molecule has 2 fully saturated rings. The smallest absolute Gasteiger partial charge is 0.249 e. The highest BCUT2D eigenvalue weighted by molar-refractivity contribution is 6.01. The number of ether oxygens (including phenoxy) is 2. The normalized spacial score (nSPS) is 21.4. The van der Waals surface area contributed by atoms with Crippen LogP contribution >= 0.6 is 12.4 Å². The Morgan fingerprint density at radius 1 is 1.21 bits per heavy atom. The lowest BCUT2D eigenvalue weighted by Gasteiger charge is -2.25. The summed E-state index contributed by atoms with van der Waals surface area (Å²) >= 11 is 0. The fourth-order valence-corrected chi connectivity index (χ4v) is 3.87. The van der Waals surface area contributed by atoms with E-state index in [2.05, 4.69) is 5.32 Å². The van der Waals surface area contributed by atoms with Gasteiger partial charge in [-0.15, -0.1) is 12.4 Å². The maximum atomic E-state index is 13.0. The average molecular weight is 412 g/mol. The Kier molecular flexibility index (Phi) is 7.95. The van der Waals surface area contributed by atoms with E-state index < -0.39 is 6.04 Å². The van der Waals surface area contributed by atoms with Gasteiger partial charge in [0.25, 0.3) is 0 Å². The highest BCUT2D eigenvalue weighted by atomic mass is 35.5. The molecule has 3 rings (SSSR count). The molecule has 1 aromatic rings. The number of nitrogens with one attached hydrogen (secondary N) is 1. The van der Waals surface area contributed by atoms with Crippen LogP contribution in [0, 0.1) is 5.92 Å². The summed E-state index contributed by atoms with van der Waals surface area (Å²) in [4.78, 5) is 28.9. The largest absolute Gasteiger partial charge is 0.497 e. The Labute approximate surface area is 172 Å². The van der Waals surface area contributed by atoms with Gasteiger partial charge in [-0.2, -0.15) is 0 Å². The van der Waals surface area contributed by atoms with Crippen molar-refractivity contribution in [2.24, 2.45) is 5.92 Å².